The number of allylic oxidation sites excluding steroid dienone is 3. The minimum atomic E-state index is 0.875. The van der Waals surface area contributed by atoms with Crippen LogP contribution >= 0.6 is 0 Å². The summed E-state index contributed by atoms with van der Waals surface area (Å²) in [5.41, 5.74) is 3.55. The van der Waals surface area contributed by atoms with Gasteiger partial charge in [0, 0.05) is 0 Å². The second kappa shape index (κ2) is 6.60. The van der Waals surface area contributed by atoms with Crippen molar-refractivity contribution in [1.29, 1.82) is 0 Å². The molecule has 2 aromatic carbocycles. The highest BCUT2D eigenvalue weighted by molar-refractivity contribution is 5.81. The molecule has 0 aliphatic rings. The maximum absolute atomic E-state index is 5.30. The Morgan fingerprint density at radius 2 is 1.68 bits per heavy atom. The van der Waals surface area contributed by atoms with Crippen LogP contribution in [0.15, 0.2) is 72.8 Å². The van der Waals surface area contributed by atoms with Gasteiger partial charge in [-0.25, -0.2) is 0 Å². The molecule has 0 aliphatic carbocycles. The summed E-state index contributed by atoms with van der Waals surface area (Å²) in [4.78, 5) is 0. The van der Waals surface area contributed by atoms with Crippen molar-refractivity contribution in [2.24, 2.45) is 0 Å². The first-order valence-corrected chi connectivity index (χ1v) is 6.38. The molecule has 0 saturated carbocycles. The van der Waals surface area contributed by atoms with Gasteiger partial charge in [0.25, 0.3) is 0 Å². The first-order chi connectivity index (χ1) is 9.35. The van der Waals surface area contributed by atoms with Gasteiger partial charge in [-0.2, -0.15) is 0 Å². The summed E-state index contributed by atoms with van der Waals surface area (Å²) in [7, 11) is 1.69. The van der Waals surface area contributed by atoms with E-state index in [1.54, 1.807) is 7.11 Å². The van der Waals surface area contributed by atoms with E-state index in [0.29, 0.717) is 0 Å². The molecule has 0 heterocycles. The van der Waals surface area contributed by atoms with Gasteiger partial charge < -0.3 is 4.74 Å². The number of rotatable bonds is 4. The van der Waals surface area contributed by atoms with Gasteiger partial charge >= 0.3 is 0 Å². The predicted octanol–water partition coefficient (Wildman–Crippen LogP) is 4.70. The van der Waals surface area contributed by atoms with Crippen molar-refractivity contribution in [3.63, 3.8) is 0 Å². The molecule has 1 nitrogen and oxygen atoms in total. The van der Waals surface area contributed by atoms with Crippen LogP contribution in [0.3, 0.4) is 0 Å². The number of hydrogen-bond donors (Lipinski definition) is 0. The number of ether oxygens (including phenoxy) is 1. The average molecular weight is 250 g/mol. The van der Waals surface area contributed by atoms with Gasteiger partial charge in [-0.1, -0.05) is 60.7 Å². The molecule has 0 unspecified atom stereocenters. The van der Waals surface area contributed by atoms with Crippen molar-refractivity contribution in [2.75, 3.05) is 7.11 Å². The summed E-state index contributed by atoms with van der Waals surface area (Å²) in [6, 6.07) is 18.5. The quantitative estimate of drug-likeness (QED) is 0.714. The Morgan fingerprint density at radius 3 is 2.37 bits per heavy atom. The van der Waals surface area contributed by atoms with E-state index in [1.807, 2.05) is 31.2 Å². The summed E-state index contributed by atoms with van der Waals surface area (Å²) in [6.45, 7) is 2.02. The smallest absolute Gasteiger partial charge is 0.119 e. The van der Waals surface area contributed by atoms with Gasteiger partial charge in [-0.3, -0.25) is 0 Å². The molecule has 0 atom stereocenters. The van der Waals surface area contributed by atoms with Gasteiger partial charge in [0.2, 0.25) is 0 Å². The maximum Gasteiger partial charge on any atom is 0.119 e. The van der Waals surface area contributed by atoms with Gasteiger partial charge in [-0.15, -0.1) is 0 Å². The standard InChI is InChI=1S/C18H18O/c1-3-4-13-18(15-9-6-5-7-10-15)16-11-8-12-17(14-16)19-2/h3-14H,1-2H3/b4-3+,18-13-. The van der Waals surface area contributed by atoms with Crippen molar-refractivity contribution in [2.45, 2.75) is 6.92 Å². The second-order valence-corrected chi connectivity index (χ2v) is 4.20. The Kier molecular flexibility index (Phi) is 4.57. The minimum absolute atomic E-state index is 0.875. The fourth-order valence-electron chi connectivity index (χ4n) is 1.96. The molecule has 0 saturated heterocycles. The second-order valence-electron chi connectivity index (χ2n) is 4.20. The number of benzene rings is 2. The van der Waals surface area contributed by atoms with E-state index in [2.05, 4.69) is 48.6 Å². The van der Waals surface area contributed by atoms with Gasteiger partial charge in [0.05, 0.1) is 7.11 Å². The lowest BCUT2D eigenvalue weighted by molar-refractivity contribution is 0.414. The molecular formula is C18H18O. The first kappa shape index (κ1) is 13.2. The molecule has 1 heteroatoms. The highest BCUT2D eigenvalue weighted by Gasteiger charge is 2.04. The lowest BCUT2D eigenvalue weighted by Crippen LogP contribution is -1.89. The van der Waals surface area contributed by atoms with Gasteiger partial charge in [0.1, 0.15) is 5.75 Å². The largest absolute Gasteiger partial charge is 0.497 e. The third-order valence-corrected chi connectivity index (χ3v) is 2.92. The van der Waals surface area contributed by atoms with E-state index in [0.717, 1.165) is 11.3 Å². The zero-order valence-electron chi connectivity index (χ0n) is 11.3. The van der Waals surface area contributed by atoms with Crippen LogP contribution in [0, 0.1) is 0 Å². The molecule has 2 rings (SSSR count). The molecule has 0 radical (unpaired) electrons. The summed E-state index contributed by atoms with van der Waals surface area (Å²) in [5, 5.41) is 0. The summed E-state index contributed by atoms with van der Waals surface area (Å²) < 4.78 is 5.30. The molecule has 0 aliphatic heterocycles. The molecule has 96 valence electrons. The van der Waals surface area contributed by atoms with Crippen LogP contribution in [0.1, 0.15) is 18.1 Å². The molecular weight excluding hydrogens is 232 g/mol. The molecule has 19 heavy (non-hydrogen) atoms. The first-order valence-electron chi connectivity index (χ1n) is 6.38. The van der Waals surface area contributed by atoms with Crippen molar-refractivity contribution < 1.29 is 4.74 Å². The van der Waals surface area contributed by atoms with Crippen LogP contribution in [0.2, 0.25) is 0 Å². The zero-order chi connectivity index (χ0) is 13.5. The Labute approximate surface area is 114 Å². The van der Waals surface area contributed by atoms with Crippen molar-refractivity contribution in [3.8, 4) is 5.75 Å². The molecule has 0 spiro atoms. The normalized spacial score (nSPS) is 11.8. The fraction of sp³-hybridized carbons (Fsp3) is 0.111. The molecule has 0 fully saturated rings. The lowest BCUT2D eigenvalue weighted by Gasteiger charge is -2.09. The monoisotopic (exact) mass is 250 g/mol. The highest BCUT2D eigenvalue weighted by atomic mass is 16.5. The van der Waals surface area contributed by atoms with E-state index in [1.165, 1.54) is 11.1 Å². The van der Waals surface area contributed by atoms with Crippen LogP contribution in [0.4, 0.5) is 0 Å². The molecule has 2 aromatic rings. The molecule has 0 aromatic heterocycles. The summed E-state index contributed by atoms with van der Waals surface area (Å²) in [6.07, 6.45) is 6.22. The maximum atomic E-state index is 5.30. The van der Waals surface area contributed by atoms with Crippen molar-refractivity contribution in [3.05, 3.63) is 84.0 Å². The third-order valence-electron chi connectivity index (χ3n) is 2.92. The lowest BCUT2D eigenvalue weighted by atomic mass is 9.97. The van der Waals surface area contributed by atoms with E-state index in [4.69, 9.17) is 4.74 Å². The van der Waals surface area contributed by atoms with Crippen LogP contribution in [-0.2, 0) is 0 Å². The zero-order valence-corrected chi connectivity index (χ0v) is 11.3. The predicted molar refractivity (Wildman–Crippen MR) is 81.3 cm³/mol. The molecule has 0 N–H and O–H groups in total. The topological polar surface area (TPSA) is 9.23 Å². The Balaban J connectivity index is 2.49. The van der Waals surface area contributed by atoms with Crippen molar-refractivity contribution >= 4 is 5.57 Å². The summed E-state index contributed by atoms with van der Waals surface area (Å²) >= 11 is 0. The SMILES string of the molecule is C/C=C/C=C(/c1ccccc1)c1cccc(OC)c1. The number of methoxy groups -OCH3 is 1. The Morgan fingerprint density at radius 1 is 0.947 bits per heavy atom. The minimum Gasteiger partial charge on any atom is -0.497 e. The van der Waals surface area contributed by atoms with Crippen LogP contribution in [-0.4, -0.2) is 7.11 Å². The van der Waals surface area contributed by atoms with E-state index in [-0.39, 0.29) is 0 Å². The third kappa shape index (κ3) is 3.35. The number of hydrogen-bond acceptors (Lipinski definition) is 1. The van der Waals surface area contributed by atoms with E-state index >= 15 is 0 Å². The Bertz CT molecular complexity index is 580. The molecule has 0 amide bonds. The summed E-state index contributed by atoms with van der Waals surface area (Å²) in [5.74, 6) is 0.875. The fourth-order valence-corrected chi connectivity index (χ4v) is 1.96. The van der Waals surface area contributed by atoms with Gasteiger partial charge in [0.15, 0.2) is 0 Å². The van der Waals surface area contributed by atoms with Crippen molar-refractivity contribution in [1.82, 2.24) is 0 Å². The van der Waals surface area contributed by atoms with E-state index < -0.39 is 0 Å². The average Bonchev–Trinajstić information content (AvgIpc) is 2.49. The van der Waals surface area contributed by atoms with Crippen LogP contribution in [0.5, 0.6) is 5.75 Å². The van der Waals surface area contributed by atoms with Gasteiger partial charge in [-0.05, 0) is 35.8 Å². The van der Waals surface area contributed by atoms with Crippen LogP contribution in [0.25, 0.3) is 5.57 Å². The highest BCUT2D eigenvalue weighted by Crippen LogP contribution is 2.26. The molecule has 0 bridgehead atoms. The van der Waals surface area contributed by atoms with Crippen LogP contribution < -0.4 is 4.74 Å². The Hall–Kier alpha value is -2.28. The van der Waals surface area contributed by atoms with E-state index in [9.17, 15) is 0 Å².